The monoisotopic (exact) mass is 320 g/mol. The van der Waals surface area contributed by atoms with E-state index in [0.29, 0.717) is 18.2 Å². The lowest BCUT2D eigenvalue weighted by Gasteiger charge is -2.42. The lowest BCUT2D eigenvalue weighted by atomic mass is 9.90. The molecular weight excluding hydrogens is 292 g/mol. The summed E-state index contributed by atoms with van der Waals surface area (Å²) in [5, 5.41) is -0.335. The molecule has 0 spiro atoms. The van der Waals surface area contributed by atoms with E-state index in [4.69, 9.17) is 5.73 Å². The third-order valence-corrected chi connectivity index (χ3v) is 7.39. The fourth-order valence-electron chi connectivity index (χ4n) is 3.64. The zero-order valence-electron chi connectivity index (χ0n) is 12.5. The van der Waals surface area contributed by atoms with Crippen molar-refractivity contribution in [3.8, 4) is 0 Å². The van der Waals surface area contributed by atoms with E-state index < -0.39 is 9.84 Å². The van der Waals surface area contributed by atoms with Crippen LogP contribution in [0.1, 0.15) is 38.5 Å². The van der Waals surface area contributed by atoms with Crippen molar-refractivity contribution in [3.63, 3.8) is 0 Å². The summed E-state index contributed by atoms with van der Waals surface area (Å²) in [6.45, 7) is 1.45. The minimum Gasteiger partial charge on any atom is -0.329 e. The smallest absolute Gasteiger partial charge is 0.164 e. The predicted molar refractivity (Wildman–Crippen MR) is 86.7 cm³/mol. The molecule has 1 aliphatic carbocycles. The first-order chi connectivity index (χ1) is 9.54. The fourth-order valence-corrected chi connectivity index (χ4v) is 6.57. The molecule has 20 heavy (non-hydrogen) atoms. The van der Waals surface area contributed by atoms with Gasteiger partial charge in [-0.3, -0.25) is 4.90 Å². The van der Waals surface area contributed by atoms with Crippen molar-refractivity contribution < 1.29 is 8.42 Å². The SMILES string of the molecule is CS(=O)(=O)C1CSCCN1C(CN)C1CCCCCC1. The van der Waals surface area contributed by atoms with Crippen LogP contribution in [-0.2, 0) is 9.84 Å². The van der Waals surface area contributed by atoms with E-state index in [-0.39, 0.29) is 11.4 Å². The number of hydrogen-bond acceptors (Lipinski definition) is 5. The Kier molecular flexibility index (Phi) is 6.20. The van der Waals surface area contributed by atoms with E-state index in [2.05, 4.69) is 4.90 Å². The van der Waals surface area contributed by atoms with Gasteiger partial charge in [0.25, 0.3) is 0 Å². The van der Waals surface area contributed by atoms with Crippen molar-refractivity contribution in [1.82, 2.24) is 4.90 Å². The van der Waals surface area contributed by atoms with Crippen LogP contribution in [0.25, 0.3) is 0 Å². The molecular formula is C14H28N2O2S2. The van der Waals surface area contributed by atoms with Crippen molar-refractivity contribution >= 4 is 21.6 Å². The molecule has 0 aromatic heterocycles. The third kappa shape index (κ3) is 4.12. The first-order valence-electron chi connectivity index (χ1n) is 7.76. The molecule has 0 aromatic rings. The van der Waals surface area contributed by atoms with Crippen molar-refractivity contribution in [2.24, 2.45) is 11.7 Å². The maximum atomic E-state index is 12.1. The second-order valence-corrected chi connectivity index (χ2v) is 9.50. The summed E-state index contributed by atoms with van der Waals surface area (Å²) in [6, 6.07) is 0.244. The van der Waals surface area contributed by atoms with Crippen LogP contribution in [0, 0.1) is 5.92 Å². The second kappa shape index (κ2) is 7.47. The van der Waals surface area contributed by atoms with Crippen LogP contribution in [0.5, 0.6) is 0 Å². The van der Waals surface area contributed by atoms with Crippen LogP contribution in [0.15, 0.2) is 0 Å². The molecule has 0 amide bonds. The normalized spacial score (nSPS) is 29.0. The average molecular weight is 321 g/mol. The van der Waals surface area contributed by atoms with E-state index in [1.165, 1.54) is 44.8 Å². The summed E-state index contributed by atoms with van der Waals surface area (Å²) in [5.41, 5.74) is 6.05. The third-order valence-electron chi connectivity index (χ3n) is 4.73. The molecule has 1 aliphatic heterocycles. The van der Waals surface area contributed by atoms with Crippen molar-refractivity contribution in [2.45, 2.75) is 49.9 Å². The summed E-state index contributed by atoms with van der Waals surface area (Å²) in [5.74, 6) is 2.30. The molecule has 0 bridgehead atoms. The van der Waals surface area contributed by atoms with Gasteiger partial charge in [-0.05, 0) is 18.8 Å². The second-order valence-electron chi connectivity index (χ2n) is 6.15. The van der Waals surface area contributed by atoms with Crippen molar-refractivity contribution in [1.29, 1.82) is 0 Å². The largest absolute Gasteiger partial charge is 0.329 e. The van der Waals surface area contributed by atoms with E-state index in [0.717, 1.165) is 12.3 Å². The molecule has 2 rings (SSSR count). The Labute approximate surface area is 127 Å². The quantitative estimate of drug-likeness (QED) is 0.799. The molecule has 2 N–H and O–H groups in total. The molecule has 2 atom stereocenters. The summed E-state index contributed by atoms with van der Waals surface area (Å²) >= 11 is 1.75. The van der Waals surface area contributed by atoms with Crippen molar-refractivity contribution in [2.75, 3.05) is 30.9 Å². The van der Waals surface area contributed by atoms with Gasteiger partial charge in [0.1, 0.15) is 5.37 Å². The van der Waals surface area contributed by atoms with Gasteiger partial charge >= 0.3 is 0 Å². The van der Waals surface area contributed by atoms with Crippen LogP contribution >= 0.6 is 11.8 Å². The Morgan fingerprint density at radius 1 is 1.25 bits per heavy atom. The first kappa shape index (κ1) is 16.6. The van der Waals surface area contributed by atoms with Crippen LogP contribution in [0.2, 0.25) is 0 Å². The lowest BCUT2D eigenvalue weighted by Crippen LogP contribution is -2.56. The van der Waals surface area contributed by atoms with Gasteiger partial charge in [-0.25, -0.2) is 8.42 Å². The molecule has 0 radical (unpaired) electrons. The van der Waals surface area contributed by atoms with E-state index in [1.807, 2.05) is 0 Å². The average Bonchev–Trinajstić information content (AvgIpc) is 2.68. The van der Waals surface area contributed by atoms with E-state index >= 15 is 0 Å². The highest BCUT2D eigenvalue weighted by Crippen LogP contribution is 2.31. The van der Waals surface area contributed by atoms with Gasteiger partial charge in [0, 0.05) is 36.9 Å². The fraction of sp³-hybridized carbons (Fsp3) is 1.00. The minimum absolute atomic E-state index is 0.244. The molecule has 2 unspecified atom stereocenters. The highest BCUT2D eigenvalue weighted by Gasteiger charge is 2.37. The molecule has 1 saturated heterocycles. The highest BCUT2D eigenvalue weighted by atomic mass is 32.2. The number of rotatable bonds is 4. The summed E-state index contributed by atoms with van der Waals surface area (Å²) in [4.78, 5) is 2.21. The summed E-state index contributed by atoms with van der Waals surface area (Å²) in [6.07, 6.45) is 8.97. The maximum absolute atomic E-state index is 12.1. The van der Waals surface area contributed by atoms with Crippen molar-refractivity contribution in [3.05, 3.63) is 0 Å². The lowest BCUT2D eigenvalue weighted by molar-refractivity contribution is 0.132. The van der Waals surface area contributed by atoms with Gasteiger partial charge in [0.05, 0.1) is 0 Å². The van der Waals surface area contributed by atoms with E-state index in [1.54, 1.807) is 11.8 Å². The van der Waals surface area contributed by atoms with Gasteiger partial charge in [-0.2, -0.15) is 11.8 Å². The Hall–Kier alpha value is 0.220. The molecule has 1 heterocycles. The molecule has 2 aliphatic rings. The summed E-state index contributed by atoms with van der Waals surface area (Å²) in [7, 11) is -3.03. The number of thioether (sulfide) groups is 1. The topological polar surface area (TPSA) is 63.4 Å². The summed E-state index contributed by atoms with van der Waals surface area (Å²) < 4.78 is 24.1. The Bertz CT molecular complexity index is 392. The van der Waals surface area contributed by atoms with Gasteiger partial charge in [-0.15, -0.1) is 0 Å². The molecule has 0 aromatic carbocycles. The Morgan fingerprint density at radius 2 is 1.90 bits per heavy atom. The number of nitrogens with zero attached hydrogens (tertiary/aromatic N) is 1. The molecule has 6 heteroatoms. The standard InChI is InChI=1S/C14H28N2O2S2/c1-20(17,18)14-11-19-9-8-16(14)13(10-15)12-6-4-2-3-5-7-12/h12-14H,2-11,15H2,1H3. The van der Waals surface area contributed by atoms with Gasteiger partial charge in [0.15, 0.2) is 9.84 Å². The zero-order valence-corrected chi connectivity index (χ0v) is 14.1. The van der Waals surface area contributed by atoms with Crippen LogP contribution < -0.4 is 5.73 Å². The zero-order chi connectivity index (χ0) is 14.6. The van der Waals surface area contributed by atoms with Gasteiger partial charge < -0.3 is 5.73 Å². The first-order valence-corrected chi connectivity index (χ1v) is 10.9. The van der Waals surface area contributed by atoms with Gasteiger partial charge in [0.2, 0.25) is 0 Å². The van der Waals surface area contributed by atoms with Crippen LogP contribution in [0.3, 0.4) is 0 Å². The predicted octanol–water partition coefficient (Wildman–Crippen LogP) is 1.70. The van der Waals surface area contributed by atoms with E-state index in [9.17, 15) is 8.42 Å². The van der Waals surface area contributed by atoms with Crippen LogP contribution in [-0.4, -0.2) is 55.6 Å². The highest BCUT2D eigenvalue weighted by molar-refractivity contribution is 8.00. The van der Waals surface area contributed by atoms with Crippen LogP contribution in [0.4, 0.5) is 0 Å². The number of nitrogens with two attached hydrogens (primary N) is 1. The minimum atomic E-state index is -3.03. The maximum Gasteiger partial charge on any atom is 0.164 e. The Balaban J connectivity index is 2.14. The number of hydrogen-bond donors (Lipinski definition) is 1. The number of sulfone groups is 1. The molecule has 118 valence electrons. The molecule has 1 saturated carbocycles. The molecule has 2 fully saturated rings. The van der Waals surface area contributed by atoms with Gasteiger partial charge in [-0.1, -0.05) is 25.7 Å². The Morgan fingerprint density at radius 3 is 2.45 bits per heavy atom. The molecule has 4 nitrogen and oxygen atoms in total.